The molecule has 2 fully saturated rings. The van der Waals surface area contributed by atoms with E-state index in [9.17, 15) is 0 Å². The normalized spacial score (nSPS) is 21.3. The molecule has 4 rings (SSSR count). The van der Waals surface area contributed by atoms with Crippen LogP contribution in [0.3, 0.4) is 0 Å². The van der Waals surface area contributed by atoms with Crippen LogP contribution in [0.1, 0.15) is 25.1 Å². The Labute approximate surface area is 130 Å². The average Bonchev–Trinajstić information content (AvgIpc) is 3.12. The van der Waals surface area contributed by atoms with Gasteiger partial charge in [-0.15, -0.1) is 10.2 Å². The Bertz CT molecular complexity index is 637. The van der Waals surface area contributed by atoms with Gasteiger partial charge in [-0.25, -0.2) is 4.98 Å². The SMILES string of the molecule is Cc1nnc(N2CCC(Oc3ccccn3)C2)n1CC1CC1. The lowest BCUT2D eigenvalue weighted by Crippen LogP contribution is -2.27. The minimum Gasteiger partial charge on any atom is -0.472 e. The molecule has 0 aromatic carbocycles. The number of hydrogen-bond acceptors (Lipinski definition) is 5. The summed E-state index contributed by atoms with van der Waals surface area (Å²) in [4.78, 5) is 6.52. The lowest BCUT2D eigenvalue weighted by atomic mass is 10.3. The highest BCUT2D eigenvalue weighted by atomic mass is 16.5. The van der Waals surface area contributed by atoms with Gasteiger partial charge in [0.1, 0.15) is 11.9 Å². The highest BCUT2D eigenvalue weighted by Gasteiger charge is 2.30. The first-order valence-corrected chi connectivity index (χ1v) is 8.02. The summed E-state index contributed by atoms with van der Waals surface area (Å²) in [5, 5.41) is 8.66. The van der Waals surface area contributed by atoms with Crippen molar-refractivity contribution in [2.24, 2.45) is 5.92 Å². The third-order valence-electron chi connectivity index (χ3n) is 4.41. The van der Waals surface area contributed by atoms with Crippen LogP contribution in [0.2, 0.25) is 0 Å². The summed E-state index contributed by atoms with van der Waals surface area (Å²) < 4.78 is 8.22. The number of aryl methyl sites for hydroxylation is 1. The molecule has 3 heterocycles. The van der Waals surface area contributed by atoms with Crippen molar-refractivity contribution in [1.29, 1.82) is 0 Å². The zero-order valence-electron chi connectivity index (χ0n) is 12.9. The number of nitrogens with zero attached hydrogens (tertiary/aromatic N) is 5. The molecule has 0 amide bonds. The van der Waals surface area contributed by atoms with E-state index in [-0.39, 0.29) is 6.10 Å². The molecule has 1 aliphatic heterocycles. The van der Waals surface area contributed by atoms with Crippen molar-refractivity contribution < 1.29 is 4.74 Å². The van der Waals surface area contributed by atoms with Crippen LogP contribution in [0.15, 0.2) is 24.4 Å². The molecule has 1 saturated carbocycles. The fourth-order valence-electron chi connectivity index (χ4n) is 2.97. The second-order valence-electron chi connectivity index (χ2n) is 6.24. The lowest BCUT2D eigenvalue weighted by molar-refractivity contribution is 0.215. The Morgan fingerprint density at radius 3 is 2.91 bits per heavy atom. The Balaban J connectivity index is 1.44. The van der Waals surface area contributed by atoms with Crippen LogP contribution in [0, 0.1) is 12.8 Å². The van der Waals surface area contributed by atoms with Crippen LogP contribution >= 0.6 is 0 Å². The maximum atomic E-state index is 5.96. The fourth-order valence-corrected chi connectivity index (χ4v) is 2.97. The van der Waals surface area contributed by atoms with Crippen LogP contribution in [-0.2, 0) is 6.54 Å². The lowest BCUT2D eigenvalue weighted by Gasteiger charge is -2.19. The van der Waals surface area contributed by atoms with Crippen molar-refractivity contribution in [2.45, 2.75) is 38.8 Å². The van der Waals surface area contributed by atoms with Crippen LogP contribution in [0.25, 0.3) is 0 Å². The molecular formula is C16H21N5O. The Morgan fingerprint density at radius 2 is 2.14 bits per heavy atom. The Morgan fingerprint density at radius 1 is 1.23 bits per heavy atom. The quantitative estimate of drug-likeness (QED) is 0.846. The maximum Gasteiger partial charge on any atom is 0.227 e. The molecule has 22 heavy (non-hydrogen) atoms. The number of pyridine rings is 1. The predicted octanol–water partition coefficient (Wildman–Crippen LogP) is 2.05. The topological polar surface area (TPSA) is 56.1 Å². The van der Waals surface area contributed by atoms with Crippen molar-refractivity contribution in [3.8, 4) is 5.88 Å². The van der Waals surface area contributed by atoms with Crippen LogP contribution in [0.5, 0.6) is 5.88 Å². The van der Waals surface area contributed by atoms with E-state index in [0.29, 0.717) is 5.88 Å². The van der Waals surface area contributed by atoms with Gasteiger partial charge in [-0.05, 0) is 31.7 Å². The number of rotatable bonds is 5. The summed E-state index contributed by atoms with van der Waals surface area (Å²) in [6.07, 6.45) is 5.59. The molecule has 1 unspecified atom stereocenters. The van der Waals surface area contributed by atoms with E-state index in [1.807, 2.05) is 25.1 Å². The van der Waals surface area contributed by atoms with Gasteiger partial charge in [-0.3, -0.25) is 4.57 Å². The molecule has 2 aliphatic rings. The van der Waals surface area contributed by atoms with E-state index in [4.69, 9.17) is 4.74 Å². The average molecular weight is 299 g/mol. The molecule has 0 bridgehead atoms. The van der Waals surface area contributed by atoms with Crippen LogP contribution in [0.4, 0.5) is 5.95 Å². The third-order valence-corrected chi connectivity index (χ3v) is 4.41. The van der Waals surface area contributed by atoms with E-state index in [1.54, 1.807) is 6.20 Å². The van der Waals surface area contributed by atoms with E-state index >= 15 is 0 Å². The molecule has 1 atom stereocenters. The first-order valence-electron chi connectivity index (χ1n) is 8.02. The van der Waals surface area contributed by atoms with E-state index < -0.39 is 0 Å². The van der Waals surface area contributed by atoms with Crippen molar-refractivity contribution in [1.82, 2.24) is 19.7 Å². The number of anilines is 1. The largest absolute Gasteiger partial charge is 0.472 e. The Kier molecular flexibility index (Phi) is 3.44. The van der Waals surface area contributed by atoms with Gasteiger partial charge in [0.25, 0.3) is 0 Å². The van der Waals surface area contributed by atoms with Crippen LogP contribution in [-0.4, -0.2) is 38.9 Å². The minimum absolute atomic E-state index is 0.168. The highest BCUT2D eigenvalue weighted by Crippen LogP contribution is 2.33. The summed E-state index contributed by atoms with van der Waals surface area (Å²) >= 11 is 0. The standard InChI is InChI=1S/C16H21N5O/c1-12-18-19-16(21(12)10-13-5-6-13)20-9-7-14(11-20)22-15-4-2-3-8-17-15/h2-4,8,13-14H,5-7,9-11H2,1H3. The summed E-state index contributed by atoms with van der Waals surface area (Å²) in [5.74, 6) is 3.52. The van der Waals surface area contributed by atoms with E-state index in [0.717, 1.165) is 43.7 Å². The predicted molar refractivity (Wildman–Crippen MR) is 83.0 cm³/mol. The molecule has 6 heteroatoms. The molecule has 0 spiro atoms. The molecule has 6 nitrogen and oxygen atoms in total. The smallest absolute Gasteiger partial charge is 0.227 e. The zero-order valence-corrected chi connectivity index (χ0v) is 12.9. The van der Waals surface area contributed by atoms with Gasteiger partial charge in [-0.2, -0.15) is 0 Å². The van der Waals surface area contributed by atoms with Gasteiger partial charge in [0.05, 0.1) is 6.54 Å². The summed E-state index contributed by atoms with van der Waals surface area (Å²) in [6.45, 7) is 4.90. The van der Waals surface area contributed by atoms with E-state index in [1.165, 1.54) is 12.8 Å². The van der Waals surface area contributed by atoms with Gasteiger partial charge >= 0.3 is 0 Å². The minimum atomic E-state index is 0.168. The molecule has 1 saturated heterocycles. The van der Waals surface area contributed by atoms with Gasteiger partial charge in [0.2, 0.25) is 11.8 Å². The van der Waals surface area contributed by atoms with Crippen LogP contribution < -0.4 is 9.64 Å². The van der Waals surface area contributed by atoms with E-state index in [2.05, 4.69) is 24.6 Å². The van der Waals surface area contributed by atoms with Gasteiger partial charge in [0, 0.05) is 31.8 Å². The zero-order chi connectivity index (χ0) is 14.9. The van der Waals surface area contributed by atoms with Crippen molar-refractivity contribution in [2.75, 3.05) is 18.0 Å². The molecule has 0 N–H and O–H groups in total. The summed E-state index contributed by atoms with van der Waals surface area (Å²) in [7, 11) is 0. The van der Waals surface area contributed by atoms with Crippen molar-refractivity contribution in [3.63, 3.8) is 0 Å². The first kappa shape index (κ1) is 13.5. The fraction of sp³-hybridized carbons (Fsp3) is 0.562. The third kappa shape index (κ3) is 2.77. The van der Waals surface area contributed by atoms with Gasteiger partial charge in [0.15, 0.2) is 0 Å². The summed E-state index contributed by atoms with van der Waals surface area (Å²) in [6, 6.07) is 5.75. The molecule has 2 aromatic rings. The monoisotopic (exact) mass is 299 g/mol. The molecular weight excluding hydrogens is 278 g/mol. The van der Waals surface area contributed by atoms with Gasteiger partial charge in [-0.1, -0.05) is 6.07 Å². The number of hydrogen-bond donors (Lipinski definition) is 0. The summed E-state index contributed by atoms with van der Waals surface area (Å²) in [5.41, 5.74) is 0. The molecule has 2 aromatic heterocycles. The van der Waals surface area contributed by atoms with Gasteiger partial charge < -0.3 is 9.64 Å². The number of aromatic nitrogens is 4. The second kappa shape index (κ2) is 5.59. The Hall–Kier alpha value is -2.11. The van der Waals surface area contributed by atoms with Crippen molar-refractivity contribution >= 4 is 5.95 Å². The molecule has 116 valence electrons. The molecule has 0 radical (unpaired) electrons. The second-order valence-corrected chi connectivity index (χ2v) is 6.24. The van der Waals surface area contributed by atoms with Crippen molar-refractivity contribution in [3.05, 3.63) is 30.2 Å². The first-order chi connectivity index (χ1) is 10.8. The highest BCUT2D eigenvalue weighted by molar-refractivity contribution is 5.33. The number of ether oxygens (including phenoxy) is 1. The maximum absolute atomic E-state index is 5.96. The molecule has 1 aliphatic carbocycles.